The third kappa shape index (κ3) is 3.79. The van der Waals surface area contributed by atoms with Crippen molar-refractivity contribution >= 4 is 5.91 Å². The molecule has 1 aliphatic rings. The van der Waals surface area contributed by atoms with Crippen LogP contribution in [0.4, 0.5) is 0 Å². The number of hydrogen-bond donors (Lipinski definition) is 1. The summed E-state index contributed by atoms with van der Waals surface area (Å²) in [5, 5.41) is 7.19. The maximum Gasteiger partial charge on any atom is 0.251 e. The second-order valence-corrected chi connectivity index (χ2v) is 6.56. The van der Waals surface area contributed by atoms with Crippen LogP contribution in [-0.2, 0) is 6.42 Å². The molecule has 0 radical (unpaired) electrons. The summed E-state index contributed by atoms with van der Waals surface area (Å²) in [6.45, 7) is 1.16. The van der Waals surface area contributed by atoms with Gasteiger partial charge in [-0.25, -0.2) is 4.68 Å². The Kier molecular flexibility index (Phi) is 4.78. The van der Waals surface area contributed by atoms with Crippen molar-refractivity contribution in [3.05, 3.63) is 72.1 Å². The maximum atomic E-state index is 12.4. The number of aromatic nitrogens is 2. The first-order valence-corrected chi connectivity index (χ1v) is 8.91. The van der Waals surface area contributed by atoms with Gasteiger partial charge in [-0.1, -0.05) is 6.07 Å². The Morgan fingerprint density at radius 3 is 2.89 bits per heavy atom. The van der Waals surface area contributed by atoms with E-state index in [1.165, 1.54) is 0 Å². The minimum atomic E-state index is -0.0810. The summed E-state index contributed by atoms with van der Waals surface area (Å²) in [5.74, 6) is 1.82. The molecule has 6 heteroatoms. The Bertz CT molecular complexity index is 920. The van der Waals surface area contributed by atoms with Crippen LogP contribution >= 0.6 is 0 Å². The highest BCUT2D eigenvalue weighted by Gasteiger charge is 2.21. The van der Waals surface area contributed by atoms with E-state index < -0.39 is 0 Å². The van der Waals surface area contributed by atoms with Gasteiger partial charge in [-0.3, -0.25) is 4.79 Å². The summed E-state index contributed by atoms with van der Waals surface area (Å²) < 4.78 is 12.8. The first kappa shape index (κ1) is 17.1. The van der Waals surface area contributed by atoms with E-state index in [9.17, 15) is 4.79 Å². The standard InChI is InChI=1S/C21H21N3O3/c1-26-19-8-5-17-11-15(14-27-20(17)12-19)13-22-21(25)16-3-6-18(7-4-16)24-10-2-9-23-24/h2-10,12,15H,11,13-14H2,1H3,(H,22,25)/t15-/m1/s1. The number of ether oxygens (including phenoxy) is 2. The van der Waals surface area contributed by atoms with Gasteiger partial charge in [0.05, 0.1) is 19.4 Å². The van der Waals surface area contributed by atoms with Gasteiger partial charge in [0.25, 0.3) is 5.91 Å². The molecule has 2 aromatic carbocycles. The summed E-state index contributed by atoms with van der Waals surface area (Å²) >= 11 is 0. The third-order valence-electron chi connectivity index (χ3n) is 4.71. The van der Waals surface area contributed by atoms with Crippen molar-refractivity contribution in [3.8, 4) is 17.2 Å². The van der Waals surface area contributed by atoms with Crippen LogP contribution in [0.15, 0.2) is 60.9 Å². The lowest BCUT2D eigenvalue weighted by molar-refractivity contribution is 0.0939. The minimum Gasteiger partial charge on any atom is -0.497 e. The molecule has 4 rings (SSSR count). The van der Waals surface area contributed by atoms with Crippen LogP contribution in [0.3, 0.4) is 0 Å². The lowest BCUT2D eigenvalue weighted by Gasteiger charge is -2.25. The molecule has 0 saturated heterocycles. The summed E-state index contributed by atoms with van der Waals surface area (Å²) in [5.41, 5.74) is 2.70. The van der Waals surface area contributed by atoms with Crippen molar-refractivity contribution in [2.75, 3.05) is 20.3 Å². The van der Waals surface area contributed by atoms with Crippen molar-refractivity contribution in [2.45, 2.75) is 6.42 Å². The number of amides is 1. The van der Waals surface area contributed by atoms with Crippen molar-refractivity contribution < 1.29 is 14.3 Å². The lowest BCUT2D eigenvalue weighted by Crippen LogP contribution is -2.34. The van der Waals surface area contributed by atoms with Gasteiger partial charge in [-0.05, 0) is 48.4 Å². The molecule has 2 heterocycles. The highest BCUT2D eigenvalue weighted by molar-refractivity contribution is 5.94. The Balaban J connectivity index is 1.34. The second-order valence-electron chi connectivity index (χ2n) is 6.56. The summed E-state index contributed by atoms with van der Waals surface area (Å²) in [4.78, 5) is 12.4. The van der Waals surface area contributed by atoms with Crippen LogP contribution < -0.4 is 14.8 Å². The number of methoxy groups -OCH3 is 1. The minimum absolute atomic E-state index is 0.0810. The molecule has 27 heavy (non-hydrogen) atoms. The second kappa shape index (κ2) is 7.53. The number of carbonyl (C=O) groups is 1. The van der Waals surface area contributed by atoms with Crippen LogP contribution in [0.2, 0.25) is 0 Å². The average molecular weight is 363 g/mol. The van der Waals surface area contributed by atoms with Crippen LogP contribution in [0.25, 0.3) is 5.69 Å². The molecule has 0 bridgehead atoms. The summed E-state index contributed by atoms with van der Waals surface area (Å²) in [7, 11) is 1.64. The Hall–Kier alpha value is -3.28. The van der Waals surface area contributed by atoms with Gasteiger partial charge < -0.3 is 14.8 Å². The zero-order chi connectivity index (χ0) is 18.6. The quantitative estimate of drug-likeness (QED) is 0.757. The molecule has 3 aromatic rings. The number of carbonyl (C=O) groups excluding carboxylic acids is 1. The first-order valence-electron chi connectivity index (χ1n) is 8.91. The van der Waals surface area contributed by atoms with Gasteiger partial charge in [0, 0.05) is 36.5 Å². The van der Waals surface area contributed by atoms with Gasteiger partial charge in [-0.15, -0.1) is 0 Å². The number of nitrogens with zero attached hydrogens (tertiary/aromatic N) is 2. The molecule has 1 N–H and O–H groups in total. The number of fused-ring (bicyclic) bond motifs is 1. The SMILES string of the molecule is COc1ccc2c(c1)OC[C@@H](CNC(=O)c1ccc(-n3cccn3)cc1)C2. The smallest absolute Gasteiger partial charge is 0.251 e. The van der Waals surface area contributed by atoms with E-state index in [-0.39, 0.29) is 11.8 Å². The number of benzene rings is 2. The molecule has 0 spiro atoms. The average Bonchev–Trinajstić information content (AvgIpc) is 3.26. The zero-order valence-corrected chi connectivity index (χ0v) is 15.1. The van der Waals surface area contributed by atoms with Crippen LogP contribution in [-0.4, -0.2) is 35.9 Å². The normalized spacial score (nSPS) is 15.5. The van der Waals surface area contributed by atoms with Crippen molar-refractivity contribution in [1.29, 1.82) is 0 Å². The van der Waals surface area contributed by atoms with E-state index in [0.29, 0.717) is 18.7 Å². The molecule has 138 valence electrons. The van der Waals surface area contributed by atoms with Crippen molar-refractivity contribution in [1.82, 2.24) is 15.1 Å². The monoisotopic (exact) mass is 363 g/mol. The topological polar surface area (TPSA) is 65.4 Å². The van der Waals surface area contributed by atoms with E-state index >= 15 is 0 Å². The van der Waals surface area contributed by atoms with Crippen LogP contribution in [0.1, 0.15) is 15.9 Å². The van der Waals surface area contributed by atoms with Crippen LogP contribution in [0.5, 0.6) is 11.5 Å². The molecule has 6 nitrogen and oxygen atoms in total. The zero-order valence-electron chi connectivity index (χ0n) is 15.1. The highest BCUT2D eigenvalue weighted by atomic mass is 16.5. The van der Waals surface area contributed by atoms with E-state index in [1.807, 2.05) is 54.7 Å². The number of nitrogens with one attached hydrogen (secondary N) is 1. The number of hydrogen-bond acceptors (Lipinski definition) is 4. The van der Waals surface area contributed by atoms with Crippen molar-refractivity contribution in [2.24, 2.45) is 5.92 Å². The van der Waals surface area contributed by atoms with Gasteiger partial charge in [0.15, 0.2) is 0 Å². The molecule has 1 aromatic heterocycles. The lowest BCUT2D eigenvalue weighted by atomic mass is 9.96. The summed E-state index contributed by atoms with van der Waals surface area (Å²) in [6, 6.07) is 15.1. The number of rotatable bonds is 5. The molecular weight excluding hydrogens is 342 g/mol. The predicted octanol–water partition coefficient (Wildman–Crippen LogP) is 2.86. The van der Waals surface area contributed by atoms with E-state index in [4.69, 9.17) is 9.47 Å². The first-order chi connectivity index (χ1) is 13.2. The van der Waals surface area contributed by atoms with E-state index in [2.05, 4.69) is 10.4 Å². The molecule has 0 unspecified atom stereocenters. The largest absolute Gasteiger partial charge is 0.497 e. The molecular formula is C21H21N3O3. The Morgan fingerprint density at radius 2 is 2.15 bits per heavy atom. The molecule has 0 fully saturated rings. The van der Waals surface area contributed by atoms with Gasteiger partial charge in [-0.2, -0.15) is 5.10 Å². The molecule has 0 aliphatic carbocycles. The fourth-order valence-electron chi connectivity index (χ4n) is 3.20. The van der Waals surface area contributed by atoms with Gasteiger partial charge in [0.2, 0.25) is 0 Å². The molecule has 1 atom stereocenters. The molecule has 0 saturated carbocycles. The summed E-state index contributed by atoms with van der Waals surface area (Å²) in [6.07, 6.45) is 4.46. The maximum absolute atomic E-state index is 12.4. The highest BCUT2D eigenvalue weighted by Crippen LogP contribution is 2.30. The Labute approximate surface area is 157 Å². The van der Waals surface area contributed by atoms with Gasteiger partial charge >= 0.3 is 0 Å². The molecule has 1 amide bonds. The van der Waals surface area contributed by atoms with Crippen molar-refractivity contribution in [3.63, 3.8) is 0 Å². The van der Waals surface area contributed by atoms with Crippen LogP contribution in [0, 0.1) is 5.92 Å². The fourth-order valence-corrected chi connectivity index (χ4v) is 3.20. The fraction of sp³-hybridized carbons (Fsp3) is 0.238. The Morgan fingerprint density at radius 1 is 1.30 bits per heavy atom. The third-order valence-corrected chi connectivity index (χ3v) is 4.71. The van der Waals surface area contributed by atoms with Gasteiger partial charge in [0.1, 0.15) is 11.5 Å². The van der Waals surface area contributed by atoms with E-state index in [1.54, 1.807) is 18.0 Å². The predicted molar refractivity (Wildman–Crippen MR) is 102 cm³/mol. The van der Waals surface area contributed by atoms with E-state index in [0.717, 1.165) is 29.2 Å². The molecule has 1 aliphatic heterocycles.